The van der Waals surface area contributed by atoms with Crippen LogP contribution in [0.1, 0.15) is 21.4 Å². The first-order chi connectivity index (χ1) is 11.7. The monoisotopic (exact) mass is 356 g/mol. The Morgan fingerprint density at radius 3 is 2.46 bits per heavy atom. The number of amides is 1. The van der Waals surface area contributed by atoms with Gasteiger partial charge in [0.25, 0.3) is 0 Å². The summed E-state index contributed by atoms with van der Waals surface area (Å²) in [6, 6.07) is 18.2. The summed E-state index contributed by atoms with van der Waals surface area (Å²) in [6.07, 6.45) is 0. The van der Waals surface area contributed by atoms with Gasteiger partial charge in [-0.3, -0.25) is 9.69 Å². The lowest BCUT2D eigenvalue weighted by atomic mass is 10.1. The second-order valence-corrected chi connectivity index (χ2v) is 7.69. The van der Waals surface area contributed by atoms with Gasteiger partial charge in [-0.2, -0.15) is 0 Å². The van der Waals surface area contributed by atoms with Crippen molar-refractivity contribution < 1.29 is 4.79 Å². The standard InChI is InChI=1S/C19H20N2OS2/c1-21(13-16-9-5-11-23-16)14-18(22)20-19(17-10-6-12-24-17)15-7-3-2-4-8-15/h2-12,19H,13-14H2,1H3,(H,20,22)/t19-/m1/s1. The van der Waals surface area contributed by atoms with Crippen molar-refractivity contribution >= 4 is 28.6 Å². The van der Waals surface area contributed by atoms with Crippen LogP contribution < -0.4 is 5.32 Å². The molecule has 0 radical (unpaired) electrons. The molecule has 3 nitrogen and oxygen atoms in total. The molecule has 124 valence electrons. The molecule has 0 fully saturated rings. The van der Waals surface area contributed by atoms with E-state index in [2.05, 4.69) is 35.0 Å². The van der Waals surface area contributed by atoms with Gasteiger partial charge in [-0.25, -0.2) is 0 Å². The van der Waals surface area contributed by atoms with Gasteiger partial charge in [0.2, 0.25) is 5.91 Å². The molecule has 3 aromatic rings. The van der Waals surface area contributed by atoms with Gasteiger partial charge in [0.05, 0.1) is 12.6 Å². The molecule has 1 amide bonds. The third kappa shape index (κ3) is 4.54. The fraction of sp³-hybridized carbons (Fsp3) is 0.211. The molecular formula is C19H20N2OS2. The molecule has 3 rings (SSSR count). The van der Waals surface area contributed by atoms with E-state index in [9.17, 15) is 4.79 Å². The fourth-order valence-electron chi connectivity index (χ4n) is 2.60. The van der Waals surface area contributed by atoms with Crippen molar-refractivity contribution in [3.63, 3.8) is 0 Å². The average Bonchev–Trinajstić information content (AvgIpc) is 3.27. The third-order valence-corrected chi connectivity index (χ3v) is 5.48. The third-order valence-electron chi connectivity index (χ3n) is 3.69. The number of nitrogens with one attached hydrogen (secondary N) is 1. The van der Waals surface area contributed by atoms with Crippen molar-refractivity contribution in [2.75, 3.05) is 13.6 Å². The molecule has 1 atom stereocenters. The normalized spacial score (nSPS) is 12.2. The largest absolute Gasteiger partial charge is 0.343 e. The van der Waals surface area contributed by atoms with Crippen molar-refractivity contribution in [2.24, 2.45) is 0 Å². The second kappa shape index (κ2) is 8.24. The maximum Gasteiger partial charge on any atom is 0.234 e. The summed E-state index contributed by atoms with van der Waals surface area (Å²) >= 11 is 3.38. The van der Waals surface area contributed by atoms with Gasteiger partial charge in [-0.05, 0) is 35.5 Å². The van der Waals surface area contributed by atoms with Crippen LogP contribution in [0.4, 0.5) is 0 Å². The summed E-state index contributed by atoms with van der Waals surface area (Å²) in [5, 5.41) is 7.28. The van der Waals surface area contributed by atoms with Crippen LogP contribution in [0, 0.1) is 0 Å². The van der Waals surface area contributed by atoms with Gasteiger partial charge in [0.1, 0.15) is 0 Å². The van der Waals surface area contributed by atoms with Crippen molar-refractivity contribution in [3.05, 3.63) is 80.7 Å². The zero-order valence-electron chi connectivity index (χ0n) is 13.5. The molecule has 0 saturated carbocycles. The number of hydrogen-bond donors (Lipinski definition) is 1. The Labute approximate surface area is 150 Å². The number of likely N-dealkylation sites (N-methyl/N-ethyl adjacent to an activating group) is 1. The number of carbonyl (C=O) groups is 1. The zero-order valence-corrected chi connectivity index (χ0v) is 15.1. The molecular weight excluding hydrogens is 336 g/mol. The summed E-state index contributed by atoms with van der Waals surface area (Å²) in [5.41, 5.74) is 1.11. The van der Waals surface area contributed by atoms with E-state index in [1.165, 1.54) is 4.88 Å². The summed E-state index contributed by atoms with van der Waals surface area (Å²) < 4.78 is 0. The minimum Gasteiger partial charge on any atom is -0.343 e. The van der Waals surface area contributed by atoms with Gasteiger partial charge in [-0.1, -0.05) is 42.5 Å². The number of rotatable bonds is 7. The van der Waals surface area contributed by atoms with Crippen LogP contribution in [0.2, 0.25) is 0 Å². The van der Waals surface area contributed by atoms with E-state index in [0.29, 0.717) is 6.54 Å². The van der Waals surface area contributed by atoms with Crippen LogP contribution in [0.25, 0.3) is 0 Å². The van der Waals surface area contributed by atoms with Crippen LogP contribution >= 0.6 is 22.7 Å². The first kappa shape index (κ1) is 16.9. The average molecular weight is 357 g/mol. The summed E-state index contributed by atoms with van der Waals surface area (Å²) in [4.78, 5) is 17.0. The Morgan fingerprint density at radius 2 is 1.79 bits per heavy atom. The molecule has 0 aliphatic carbocycles. The van der Waals surface area contributed by atoms with Gasteiger partial charge in [-0.15, -0.1) is 22.7 Å². The van der Waals surface area contributed by atoms with E-state index >= 15 is 0 Å². The van der Waals surface area contributed by atoms with Gasteiger partial charge >= 0.3 is 0 Å². The van der Waals surface area contributed by atoms with E-state index in [-0.39, 0.29) is 11.9 Å². The molecule has 0 unspecified atom stereocenters. The van der Waals surface area contributed by atoms with E-state index in [4.69, 9.17) is 0 Å². The fourth-order valence-corrected chi connectivity index (χ4v) is 4.18. The van der Waals surface area contributed by atoms with E-state index in [1.54, 1.807) is 22.7 Å². The van der Waals surface area contributed by atoms with Crippen LogP contribution in [0.3, 0.4) is 0 Å². The lowest BCUT2D eigenvalue weighted by molar-refractivity contribution is -0.122. The predicted molar refractivity (Wildman–Crippen MR) is 101 cm³/mol. The van der Waals surface area contributed by atoms with Gasteiger partial charge in [0.15, 0.2) is 0 Å². The highest BCUT2D eigenvalue weighted by molar-refractivity contribution is 7.10. The Kier molecular flexibility index (Phi) is 5.80. The van der Waals surface area contributed by atoms with Crippen LogP contribution in [0.15, 0.2) is 65.4 Å². The van der Waals surface area contributed by atoms with E-state index < -0.39 is 0 Å². The number of hydrogen-bond acceptors (Lipinski definition) is 4. The molecule has 0 bridgehead atoms. The number of thiophene rings is 2. The highest BCUT2D eigenvalue weighted by Crippen LogP contribution is 2.25. The maximum atomic E-state index is 12.5. The molecule has 2 aromatic heterocycles. The molecule has 24 heavy (non-hydrogen) atoms. The molecule has 0 spiro atoms. The molecule has 2 heterocycles. The zero-order chi connectivity index (χ0) is 16.8. The van der Waals surface area contributed by atoms with E-state index in [1.807, 2.05) is 47.7 Å². The van der Waals surface area contributed by atoms with Crippen LogP contribution in [-0.4, -0.2) is 24.4 Å². The molecule has 1 aromatic carbocycles. The summed E-state index contributed by atoms with van der Waals surface area (Å²) in [6.45, 7) is 1.17. The number of carbonyl (C=O) groups excluding carboxylic acids is 1. The summed E-state index contributed by atoms with van der Waals surface area (Å²) in [7, 11) is 1.97. The molecule has 0 aliphatic heterocycles. The van der Waals surface area contributed by atoms with Crippen molar-refractivity contribution in [1.82, 2.24) is 10.2 Å². The van der Waals surface area contributed by atoms with Gasteiger partial charge in [0, 0.05) is 16.3 Å². The van der Waals surface area contributed by atoms with Crippen molar-refractivity contribution in [2.45, 2.75) is 12.6 Å². The Morgan fingerprint density at radius 1 is 1.04 bits per heavy atom. The van der Waals surface area contributed by atoms with Crippen LogP contribution in [-0.2, 0) is 11.3 Å². The number of nitrogens with zero attached hydrogens (tertiary/aromatic N) is 1. The first-order valence-electron chi connectivity index (χ1n) is 7.81. The number of benzene rings is 1. The topological polar surface area (TPSA) is 32.3 Å². The lowest BCUT2D eigenvalue weighted by Crippen LogP contribution is -2.37. The SMILES string of the molecule is CN(CC(=O)N[C@H](c1ccccc1)c1cccs1)Cc1cccs1. The lowest BCUT2D eigenvalue weighted by Gasteiger charge is -2.21. The molecule has 0 saturated heterocycles. The first-order valence-corrected chi connectivity index (χ1v) is 9.57. The Balaban J connectivity index is 1.65. The van der Waals surface area contributed by atoms with Crippen LogP contribution in [0.5, 0.6) is 0 Å². The minimum absolute atomic E-state index is 0.0382. The van der Waals surface area contributed by atoms with E-state index in [0.717, 1.165) is 17.0 Å². The van der Waals surface area contributed by atoms with Gasteiger partial charge < -0.3 is 5.32 Å². The smallest absolute Gasteiger partial charge is 0.234 e. The highest BCUT2D eigenvalue weighted by Gasteiger charge is 2.18. The summed E-state index contributed by atoms with van der Waals surface area (Å²) in [5.74, 6) is 0.0382. The molecule has 1 N–H and O–H groups in total. The molecule has 0 aliphatic rings. The minimum atomic E-state index is -0.0890. The quantitative estimate of drug-likeness (QED) is 0.690. The maximum absolute atomic E-state index is 12.5. The Bertz CT molecular complexity index is 739. The van der Waals surface area contributed by atoms with Crippen molar-refractivity contribution in [1.29, 1.82) is 0 Å². The molecule has 5 heteroatoms. The second-order valence-electron chi connectivity index (χ2n) is 5.68. The van der Waals surface area contributed by atoms with Crippen molar-refractivity contribution in [3.8, 4) is 0 Å². The predicted octanol–water partition coefficient (Wildman–Crippen LogP) is 4.15. The highest BCUT2D eigenvalue weighted by atomic mass is 32.1. The Hall–Kier alpha value is -1.95.